The Kier molecular flexibility index (Phi) is 8.34. The fourth-order valence-corrected chi connectivity index (χ4v) is 2.78. The van der Waals surface area contributed by atoms with E-state index in [4.69, 9.17) is 4.74 Å². The minimum absolute atomic E-state index is 0. The summed E-state index contributed by atoms with van der Waals surface area (Å²) >= 11 is 0. The van der Waals surface area contributed by atoms with E-state index in [9.17, 15) is 0 Å². The third kappa shape index (κ3) is 6.71. The molecule has 1 fully saturated rings. The molecule has 0 amide bonds. The molecule has 1 saturated carbocycles. The van der Waals surface area contributed by atoms with Crippen LogP contribution in [0.5, 0.6) is 0 Å². The van der Waals surface area contributed by atoms with Crippen LogP contribution in [0.2, 0.25) is 0 Å². The van der Waals surface area contributed by atoms with Gasteiger partial charge in [0, 0.05) is 0 Å². The van der Waals surface area contributed by atoms with Crippen LogP contribution in [-0.2, 0) is 4.74 Å². The highest BCUT2D eigenvalue weighted by Gasteiger charge is 2.31. The third-order valence-electron chi connectivity index (χ3n) is 4.06. The Morgan fingerprint density at radius 1 is 1.17 bits per heavy atom. The van der Waals surface area contributed by atoms with Gasteiger partial charge in [-0.15, -0.1) is 0 Å². The topological polar surface area (TPSA) is 9.23 Å². The van der Waals surface area contributed by atoms with Crippen molar-refractivity contribution in [2.24, 2.45) is 17.8 Å². The van der Waals surface area contributed by atoms with Crippen LogP contribution in [0, 0.1) is 17.8 Å². The van der Waals surface area contributed by atoms with E-state index in [0.29, 0.717) is 6.10 Å². The molecule has 0 aromatic heterocycles. The summed E-state index contributed by atoms with van der Waals surface area (Å²) in [6.07, 6.45) is 4.51. The van der Waals surface area contributed by atoms with Crippen LogP contribution in [0.3, 0.4) is 0 Å². The van der Waals surface area contributed by atoms with Crippen LogP contribution in [0.15, 0.2) is 0 Å². The molecule has 1 rings (SSSR count). The smallest absolute Gasteiger partial charge is 0.102 e. The normalized spacial score (nSPS) is 29.2. The molecule has 0 aromatic carbocycles. The van der Waals surface area contributed by atoms with E-state index >= 15 is 0 Å². The largest absolute Gasteiger partial charge is 1.00 e. The van der Waals surface area contributed by atoms with E-state index in [0.717, 1.165) is 35.4 Å². The lowest BCUT2D eigenvalue weighted by Crippen LogP contribution is -3.00. The van der Waals surface area contributed by atoms with Gasteiger partial charge in [0.25, 0.3) is 0 Å². The summed E-state index contributed by atoms with van der Waals surface area (Å²) in [5.41, 5.74) is 0. The fourth-order valence-electron chi connectivity index (χ4n) is 2.78. The zero-order valence-corrected chi connectivity index (χ0v) is 15.2. The number of halogens is 1. The SMILES string of the molecule is CC1CCC(C(C)C)C(OCC[N+](C)(C)C)C1.[I-]. The van der Waals surface area contributed by atoms with Gasteiger partial charge in [-0.1, -0.05) is 27.2 Å². The highest BCUT2D eigenvalue weighted by molar-refractivity contribution is 4.81. The minimum atomic E-state index is 0. The third-order valence-corrected chi connectivity index (χ3v) is 4.06. The predicted molar refractivity (Wildman–Crippen MR) is 74.0 cm³/mol. The number of hydrogen-bond donors (Lipinski definition) is 0. The second-order valence-corrected chi connectivity index (χ2v) is 7.25. The van der Waals surface area contributed by atoms with Crippen molar-refractivity contribution >= 4 is 0 Å². The number of ether oxygens (including phenoxy) is 1. The van der Waals surface area contributed by atoms with Gasteiger partial charge in [-0.05, 0) is 30.6 Å². The lowest BCUT2D eigenvalue weighted by Gasteiger charge is -2.37. The zero-order chi connectivity index (χ0) is 13.1. The van der Waals surface area contributed by atoms with Gasteiger partial charge in [0.15, 0.2) is 0 Å². The van der Waals surface area contributed by atoms with Crippen molar-refractivity contribution in [2.75, 3.05) is 34.3 Å². The summed E-state index contributed by atoms with van der Waals surface area (Å²) in [6.45, 7) is 9.07. The summed E-state index contributed by atoms with van der Waals surface area (Å²) in [7, 11) is 6.69. The van der Waals surface area contributed by atoms with Gasteiger partial charge in [0.1, 0.15) is 6.54 Å². The molecule has 0 spiro atoms. The van der Waals surface area contributed by atoms with Crippen LogP contribution >= 0.6 is 0 Å². The first-order chi connectivity index (χ1) is 7.79. The van der Waals surface area contributed by atoms with Crippen molar-refractivity contribution in [1.29, 1.82) is 0 Å². The Morgan fingerprint density at radius 2 is 1.78 bits per heavy atom. The Hall–Kier alpha value is 0.650. The minimum Gasteiger partial charge on any atom is -1.00 e. The summed E-state index contributed by atoms with van der Waals surface area (Å²) in [6, 6.07) is 0. The van der Waals surface area contributed by atoms with E-state index in [-0.39, 0.29) is 24.0 Å². The monoisotopic (exact) mass is 369 g/mol. The molecule has 0 aliphatic heterocycles. The Balaban J connectivity index is 0.00000289. The van der Waals surface area contributed by atoms with Crippen LogP contribution < -0.4 is 24.0 Å². The molecule has 0 N–H and O–H groups in total. The average Bonchev–Trinajstić information content (AvgIpc) is 2.15. The summed E-state index contributed by atoms with van der Waals surface area (Å²) in [5, 5.41) is 0. The number of hydrogen-bond acceptors (Lipinski definition) is 1. The van der Waals surface area contributed by atoms with E-state index in [1.54, 1.807) is 0 Å². The first kappa shape index (κ1) is 18.7. The molecular formula is C15H32INO. The Bertz CT molecular complexity index is 225. The second-order valence-electron chi connectivity index (χ2n) is 7.25. The van der Waals surface area contributed by atoms with Gasteiger partial charge in [-0.25, -0.2) is 0 Å². The molecular weight excluding hydrogens is 337 g/mol. The molecule has 0 aromatic rings. The molecule has 3 heteroatoms. The Morgan fingerprint density at radius 3 is 2.28 bits per heavy atom. The molecule has 110 valence electrons. The van der Waals surface area contributed by atoms with Crippen molar-refractivity contribution in [3.05, 3.63) is 0 Å². The first-order valence-corrected chi connectivity index (χ1v) is 7.21. The van der Waals surface area contributed by atoms with Crippen LogP contribution in [0.4, 0.5) is 0 Å². The molecule has 3 atom stereocenters. The fraction of sp³-hybridized carbons (Fsp3) is 1.00. The number of nitrogens with zero attached hydrogens (tertiary/aromatic N) is 1. The summed E-state index contributed by atoms with van der Waals surface area (Å²) < 4.78 is 7.18. The van der Waals surface area contributed by atoms with E-state index in [2.05, 4.69) is 41.9 Å². The Labute approximate surface area is 131 Å². The van der Waals surface area contributed by atoms with Gasteiger partial charge in [0.05, 0.1) is 33.9 Å². The lowest BCUT2D eigenvalue weighted by molar-refractivity contribution is -0.870. The van der Waals surface area contributed by atoms with Gasteiger partial charge in [-0.2, -0.15) is 0 Å². The van der Waals surface area contributed by atoms with Gasteiger partial charge >= 0.3 is 0 Å². The highest BCUT2D eigenvalue weighted by Crippen LogP contribution is 2.35. The summed E-state index contributed by atoms with van der Waals surface area (Å²) in [5.74, 6) is 2.38. The standard InChI is InChI=1S/C15H32NO.HI/c1-12(2)14-8-7-13(3)11-15(14)17-10-9-16(4,5)6;/h12-15H,7-11H2,1-6H3;1H/q+1;/p-1. The molecule has 1 aliphatic rings. The highest BCUT2D eigenvalue weighted by atomic mass is 127. The molecule has 0 heterocycles. The maximum Gasteiger partial charge on any atom is 0.102 e. The molecule has 2 nitrogen and oxygen atoms in total. The molecule has 3 unspecified atom stereocenters. The van der Waals surface area contributed by atoms with Crippen molar-refractivity contribution in [3.63, 3.8) is 0 Å². The molecule has 0 radical (unpaired) electrons. The van der Waals surface area contributed by atoms with Crippen molar-refractivity contribution in [2.45, 2.75) is 46.1 Å². The maximum absolute atomic E-state index is 6.19. The predicted octanol–water partition coefficient (Wildman–Crippen LogP) is 0.174. The maximum atomic E-state index is 6.19. The number of likely N-dealkylation sites (N-methyl/N-ethyl adjacent to an activating group) is 1. The second kappa shape index (κ2) is 8.05. The molecule has 18 heavy (non-hydrogen) atoms. The van der Waals surface area contributed by atoms with Crippen molar-refractivity contribution in [1.82, 2.24) is 0 Å². The van der Waals surface area contributed by atoms with Crippen molar-refractivity contribution in [3.8, 4) is 0 Å². The van der Waals surface area contributed by atoms with Gasteiger partial charge in [0.2, 0.25) is 0 Å². The van der Waals surface area contributed by atoms with E-state index in [1.165, 1.54) is 19.3 Å². The van der Waals surface area contributed by atoms with E-state index in [1.807, 2.05) is 0 Å². The van der Waals surface area contributed by atoms with Gasteiger partial charge in [-0.3, -0.25) is 0 Å². The molecule has 1 aliphatic carbocycles. The average molecular weight is 369 g/mol. The molecule has 0 saturated heterocycles. The van der Waals surface area contributed by atoms with Gasteiger partial charge < -0.3 is 33.2 Å². The summed E-state index contributed by atoms with van der Waals surface area (Å²) in [4.78, 5) is 0. The van der Waals surface area contributed by atoms with E-state index < -0.39 is 0 Å². The first-order valence-electron chi connectivity index (χ1n) is 7.21. The quantitative estimate of drug-likeness (QED) is 0.496. The van der Waals surface area contributed by atoms with Crippen molar-refractivity contribution < 1.29 is 33.2 Å². The van der Waals surface area contributed by atoms with Crippen LogP contribution in [0.1, 0.15) is 40.0 Å². The molecule has 0 bridgehead atoms. The lowest BCUT2D eigenvalue weighted by atomic mass is 9.75. The number of rotatable bonds is 5. The zero-order valence-electron chi connectivity index (χ0n) is 13.1. The van der Waals surface area contributed by atoms with Crippen LogP contribution in [-0.4, -0.2) is 44.9 Å². The van der Waals surface area contributed by atoms with Crippen LogP contribution in [0.25, 0.3) is 0 Å². The number of quaternary nitrogens is 1.